The van der Waals surface area contributed by atoms with Crippen LogP contribution in [0.1, 0.15) is 38.1 Å². The van der Waals surface area contributed by atoms with E-state index in [1.807, 2.05) is 12.1 Å². The Morgan fingerprint density at radius 3 is 2.72 bits per heavy atom. The summed E-state index contributed by atoms with van der Waals surface area (Å²) in [5, 5.41) is 11.6. The summed E-state index contributed by atoms with van der Waals surface area (Å²) in [6.07, 6.45) is 8.74. The van der Waals surface area contributed by atoms with Crippen LogP contribution in [0.5, 0.6) is 0 Å². The summed E-state index contributed by atoms with van der Waals surface area (Å²) in [6.45, 7) is 0. The third-order valence-electron chi connectivity index (χ3n) is 4.96. The molecular weight excluding hydrogens is 360 g/mol. The highest BCUT2D eigenvalue weighted by Gasteiger charge is 2.38. The smallest absolute Gasteiger partial charge is 0.176 e. The summed E-state index contributed by atoms with van der Waals surface area (Å²) in [7, 11) is -3.22. The van der Waals surface area contributed by atoms with Crippen LogP contribution in [0.4, 0.5) is 0 Å². The second kappa shape index (κ2) is 6.81. The lowest BCUT2D eigenvalue weighted by molar-refractivity contribution is 0.153. The van der Waals surface area contributed by atoms with Crippen molar-refractivity contribution < 1.29 is 17.9 Å². The van der Waals surface area contributed by atoms with Gasteiger partial charge in [-0.05, 0) is 25.0 Å². The molecule has 0 spiro atoms. The highest BCUT2D eigenvalue weighted by atomic mass is 32.2. The molecule has 25 heavy (non-hydrogen) atoms. The predicted molar refractivity (Wildman–Crippen MR) is 96.4 cm³/mol. The first-order valence-corrected chi connectivity index (χ1v) is 11.4. The second-order valence-corrected chi connectivity index (χ2v) is 10.3. The molecule has 0 aromatic carbocycles. The Balaban J connectivity index is 1.54. The van der Waals surface area contributed by atoms with Crippen LogP contribution >= 0.6 is 11.8 Å². The van der Waals surface area contributed by atoms with Crippen LogP contribution < -0.4 is 0 Å². The maximum Gasteiger partial charge on any atom is 0.176 e. The Morgan fingerprint density at radius 2 is 2.00 bits per heavy atom. The van der Waals surface area contributed by atoms with Crippen LogP contribution in [0, 0.1) is 0 Å². The average molecular weight is 383 g/mol. The fourth-order valence-corrected chi connectivity index (χ4v) is 6.66. The fourth-order valence-electron chi connectivity index (χ4n) is 3.70. The zero-order chi connectivity index (χ0) is 17.4. The summed E-state index contributed by atoms with van der Waals surface area (Å²) in [6, 6.07) is 3.32. The quantitative estimate of drug-likeness (QED) is 0.875. The van der Waals surface area contributed by atoms with Crippen molar-refractivity contribution in [2.24, 2.45) is 0 Å². The van der Waals surface area contributed by atoms with Crippen LogP contribution in [-0.2, 0) is 9.84 Å². The number of hydrogen-bond donors (Lipinski definition) is 1. The average Bonchev–Trinajstić information content (AvgIpc) is 3.26. The molecule has 1 aliphatic carbocycles. The van der Waals surface area contributed by atoms with E-state index in [1.54, 1.807) is 28.7 Å². The van der Waals surface area contributed by atoms with Gasteiger partial charge in [0.2, 0.25) is 0 Å². The van der Waals surface area contributed by atoms with Gasteiger partial charge in [0.15, 0.2) is 26.5 Å². The van der Waals surface area contributed by atoms with Gasteiger partial charge in [-0.25, -0.2) is 13.4 Å². The number of rotatable bonds is 4. The van der Waals surface area contributed by atoms with Crippen molar-refractivity contribution in [1.82, 2.24) is 9.55 Å². The van der Waals surface area contributed by atoms with Gasteiger partial charge in [-0.15, -0.1) is 0 Å². The standard InChI is InChI=1S/C17H22N2O4S2/c20-14-11-25(21,22)10-13(14)19-9-8-18-17(19)15-6-7-16(23-15)24-12-4-2-1-3-5-12/h6-9,12-14,20H,1-5,10-11H2/t13-,14-/m1/s1. The third-order valence-corrected chi connectivity index (χ3v) is 7.91. The largest absolute Gasteiger partial charge is 0.447 e. The molecule has 0 bridgehead atoms. The Labute approximate surface area is 151 Å². The van der Waals surface area contributed by atoms with Crippen LogP contribution in [-0.4, -0.2) is 45.9 Å². The monoisotopic (exact) mass is 382 g/mol. The lowest BCUT2D eigenvalue weighted by Gasteiger charge is -2.19. The molecule has 2 aromatic rings. The van der Waals surface area contributed by atoms with Gasteiger partial charge in [0, 0.05) is 17.6 Å². The number of hydrogen-bond acceptors (Lipinski definition) is 6. The fraction of sp³-hybridized carbons (Fsp3) is 0.588. The molecule has 1 saturated carbocycles. The van der Waals surface area contributed by atoms with Gasteiger partial charge in [-0.3, -0.25) is 0 Å². The molecule has 0 unspecified atom stereocenters. The van der Waals surface area contributed by atoms with Crippen molar-refractivity contribution in [2.45, 2.75) is 54.6 Å². The number of aliphatic hydroxyl groups excluding tert-OH is 1. The minimum absolute atomic E-state index is 0.0675. The number of sulfone groups is 1. The predicted octanol–water partition coefficient (Wildman–Crippen LogP) is 2.90. The molecule has 2 fully saturated rings. The molecular formula is C17H22N2O4S2. The molecule has 2 aliphatic rings. The zero-order valence-corrected chi connectivity index (χ0v) is 15.5. The van der Waals surface area contributed by atoms with E-state index in [4.69, 9.17) is 4.42 Å². The topological polar surface area (TPSA) is 85.3 Å². The van der Waals surface area contributed by atoms with Crippen molar-refractivity contribution in [3.8, 4) is 11.6 Å². The maximum absolute atomic E-state index is 11.8. The maximum atomic E-state index is 11.8. The van der Waals surface area contributed by atoms with E-state index >= 15 is 0 Å². The Morgan fingerprint density at radius 1 is 1.20 bits per heavy atom. The summed E-state index contributed by atoms with van der Waals surface area (Å²) < 4.78 is 31.3. The third kappa shape index (κ3) is 3.66. The van der Waals surface area contributed by atoms with Gasteiger partial charge < -0.3 is 14.1 Å². The Hall–Kier alpha value is -1.25. The Bertz CT molecular complexity index is 836. The molecule has 136 valence electrons. The van der Waals surface area contributed by atoms with Crippen LogP contribution in [0.2, 0.25) is 0 Å². The van der Waals surface area contributed by atoms with E-state index in [-0.39, 0.29) is 11.5 Å². The molecule has 8 heteroatoms. The lowest BCUT2D eigenvalue weighted by Crippen LogP contribution is -2.22. The van der Waals surface area contributed by atoms with Crippen LogP contribution in [0.3, 0.4) is 0 Å². The van der Waals surface area contributed by atoms with E-state index in [0.717, 1.165) is 5.09 Å². The summed E-state index contributed by atoms with van der Waals surface area (Å²) in [5.74, 6) is 0.912. The van der Waals surface area contributed by atoms with Crippen molar-refractivity contribution >= 4 is 21.6 Å². The number of furan rings is 1. The number of aromatic nitrogens is 2. The summed E-state index contributed by atoms with van der Waals surface area (Å²) in [4.78, 5) is 4.33. The molecule has 1 N–H and O–H groups in total. The first kappa shape index (κ1) is 17.2. The van der Waals surface area contributed by atoms with Gasteiger partial charge in [-0.1, -0.05) is 31.0 Å². The van der Waals surface area contributed by atoms with Gasteiger partial charge in [0.1, 0.15) is 0 Å². The van der Waals surface area contributed by atoms with Gasteiger partial charge in [-0.2, -0.15) is 0 Å². The molecule has 0 amide bonds. The normalized spacial score (nSPS) is 26.9. The SMILES string of the molecule is O=S1(=O)C[C@@H](O)[C@H](n2ccnc2-c2ccc(SC3CCCCC3)o2)C1. The minimum atomic E-state index is -3.22. The van der Waals surface area contributed by atoms with Crippen LogP contribution in [0.25, 0.3) is 11.6 Å². The van der Waals surface area contributed by atoms with Crippen molar-refractivity contribution in [3.63, 3.8) is 0 Å². The number of thioether (sulfide) groups is 1. The molecule has 1 saturated heterocycles. The highest BCUT2D eigenvalue weighted by molar-refractivity contribution is 7.99. The van der Waals surface area contributed by atoms with Gasteiger partial charge >= 0.3 is 0 Å². The van der Waals surface area contributed by atoms with E-state index < -0.39 is 22.0 Å². The first-order valence-electron chi connectivity index (χ1n) is 8.70. The lowest BCUT2D eigenvalue weighted by atomic mass is 10.0. The van der Waals surface area contributed by atoms with E-state index in [9.17, 15) is 13.5 Å². The number of aliphatic hydroxyl groups is 1. The zero-order valence-electron chi connectivity index (χ0n) is 13.9. The summed E-state index contributed by atoms with van der Waals surface area (Å²) in [5.41, 5.74) is 0. The molecule has 6 nitrogen and oxygen atoms in total. The van der Waals surface area contributed by atoms with Crippen LogP contribution in [0.15, 0.2) is 34.0 Å². The van der Waals surface area contributed by atoms with Crippen molar-refractivity contribution in [3.05, 3.63) is 24.5 Å². The molecule has 2 aromatic heterocycles. The number of imidazole rings is 1. The van der Waals surface area contributed by atoms with Crippen molar-refractivity contribution in [1.29, 1.82) is 0 Å². The molecule has 3 heterocycles. The molecule has 1 aliphatic heterocycles. The second-order valence-electron chi connectivity index (χ2n) is 6.87. The van der Waals surface area contributed by atoms with E-state index in [1.165, 1.54) is 32.1 Å². The molecule has 4 rings (SSSR count). The molecule has 2 atom stereocenters. The van der Waals surface area contributed by atoms with Gasteiger partial charge in [0.25, 0.3) is 0 Å². The van der Waals surface area contributed by atoms with E-state index in [2.05, 4.69) is 4.98 Å². The summed E-state index contributed by atoms with van der Waals surface area (Å²) >= 11 is 1.77. The number of nitrogens with zero attached hydrogens (tertiary/aromatic N) is 2. The minimum Gasteiger partial charge on any atom is -0.447 e. The Kier molecular flexibility index (Phi) is 4.68. The highest BCUT2D eigenvalue weighted by Crippen LogP contribution is 2.37. The first-order chi connectivity index (χ1) is 12.0. The van der Waals surface area contributed by atoms with E-state index in [0.29, 0.717) is 16.8 Å². The van der Waals surface area contributed by atoms with Gasteiger partial charge in [0.05, 0.1) is 23.7 Å². The molecule has 0 radical (unpaired) electrons. The van der Waals surface area contributed by atoms with Crippen molar-refractivity contribution in [2.75, 3.05) is 11.5 Å².